The number of rotatable bonds is 2. The Morgan fingerprint density at radius 3 is 2.57 bits per heavy atom. The van der Waals surface area contributed by atoms with Crippen molar-refractivity contribution >= 4 is 38.7 Å². The molecule has 2 aliphatic rings. The quantitative estimate of drug-likeness (QED) is 0.671. The van der Waals surface area contributed by atoms with Crippen LogP contribution in [0.25, 0.3) is 0 Å². The lowest BCUT2D eigenvalue weighted by molar-refractivity contribution is 0.741. The second-order valence-electron chi connectivity index (χ2n) is 5.84. The minimum atomic E-state index is 0.00172. The van der Waals surface area contributed by atoms with Gasteiger partial charge in [-0.1, -0.05) is 30.3 Å². The molecule has 2 aliphatic heterocycles. The maximum atomic E-state index is 4.52. The largest absolute Gasteiger partial charge is 0.415 e. The first kappa shape index (κ1) is 14.6. The van der Waals surface area contributed by atoms with Crippen LogP contribution in [0.1, 0.15) is 0 Å². The highest BCUT2D eigenvalue weighted by atomic mass is 15.4. The molecule has 2 N–H and O–H groups in total. The van der Waals surface area contributed by atoms with Gasteiger partial charge in [-0.25, -0.2) is 9.97 Å². The predicted octanol–water partition coefficient (Wildman–Crippen LogP) is -1.27. The molecule has 23 heavy (non-hydrogen) atoms. The molecule has 3 heterocycles. The van der Waals surface area contributed by atoms with Crippen molar-refractivity contribution in [3.8, 4) is 0 Å². The van der Waals surface area contributed by atoms with Crippen molar-refractivity contribution < 1.29 is 0 Å². The predicted molar refractivity (Wildman–Crippen MR) is 95.2 cm³/mol. The summed E-state index contributed by atoms with van der Waals surface area (Å²) in [4.78, 5) is 13.3. The summed E-state index contributed by atoms with van der Waals surface area (Å²) >= 11 is 0. The zero-order valence-electron chi connectivity index (χ0n) is 13.2. The average molecular weight is 304 g/mol. The second-order valence-corrected chi connectivity index (χ2v) is 5.84. The summed E-state index contributed by atoms with van der Waals surface area (Å²) < 4.78 is 2.26. The first-order valence-corrected chi connectivity index (χ1v) is 7.65. The topological polar surface area (TPSA) is 59.6 Å². The zero-order valence-corrected chi connectivity index (χ0v) is 13.2. The van der Waals surface area contributed by atoms with E-state index in [2.05, 4.69) is 66.0 Å². The lowest BCUT2D eigenvalue weighted by Crippen LogP contribution is -2.78. The van der Waals surface area contributed by atoms with E-state index in [1.807, 2.05) is 20.7 Å². The highest BCUT2D eigenvalue weighted by Gasteiger charge is 2.43. The third-order valence-electron chi connectivity index (χ3n) is 4.34. The highest BCUT2D eigenvalue weighted by molar-refractivity contribution is 6.88. The van der Waals surface area contributed by atoms with E-state index in [0.717, 1.165) is 18.3 Å². The van der Waals surface area contributed by atoms with Crippen LogP contribution in [0.3, 0.4) is 0 Å². The molecule has 1 saturated heterocycles. The van der Waals surface area contributed by atoms with Gasteiger partial charge in [-0.05, 0) is 12.5 Å². The number of aromatic nitrogens is 2. The van der Waals surface area contributed by atoms with Crippen LogP contribution >= 0.6 is 0 Å². The van der Waals surface area contributed by atoms with Crippen molar-refractivity contribution in [3.05, 3.63) is 42.7 Å². The fourth-order valence-corrected chi connectivity index (χ4v) is 3.21. The number of hydrogen-bond acceptors (Lipinski definition) is 7. The normalized spacial score (nSPS) is 18.2. The smallest absolute Gasteiger partial charge is 0.371 e. The zero-order chi connectivity index (χ0) is 15.8. The number of nitrogens with zero attached hydrogens (tertiary/aromatic N) is 5. The van der Waals surface area contributed by atoms with Crippen molar-refractivity contribution in [2.24, 2.45) is 0 Å². The van der Waals surface area contributed by atoms with Gasteiger partial charge in [0, 0.05) is 19.4 Å². The first-order valence-electron chi connectivity index (χ1n) is 7.65. The Hall–Kier alpha value is -2.03. The standard InChI is InChI=1S/C13H17B3N7/c1-21-10-23(13-12(21)17-8-9-18-13)16-20-14-19-15(22(16)2)11-6-4-3-5-7-11/h3-9,19-20H,10H2,1-2H3. The Kier molecular flexibility index (Phi) is 3.72. The average Bonchev–Trinajstić information content (AvgIpc) is 2.93. The molecular formula is C13H17B3N7. The van der Waals surface area contributed by atoms with Gasteiger partial charge in [0.1, 0.15) is 0 Å². The van der Waals surface area contributed by atoms with Crippen molar-refractivity contribution in [2.75, 3.05) is 30.5 Å². The van der Waals surface area contributed by atoms with Crippen LogP contribution in [0.4, 0.5) is 11.6 Å². The molecule has 1 radical (unpaired) electrons. The minimum Gasteiger partial charge on any atom is -0.371 e. The maximum Gasteiger partial charge on any atom is 0.415 e. The SMILES string of the molecule is CN1B(c2ccccc2)N[B]NB1N1CN(C)c2nccnc21. The number of nitrogens with one attached hydrogen (secondary N) is 2. The Morgan fingerprint density at radius 2 is 1.78 bits per heavy atom. The van der Waals surface area contributed by atoms with Crippen LogP contribution in [0.5, 0.6) is 0 Å². The van der Waals surface area contributed by atoms with E-state index in [4.69, 9.17) is 0 Å². The molecular weight excluding hydrogens is 287 g/mol. The summed E-state index contributed by atoms with van der Waals surface area (Å²) in [5, 5.41) is 6.78. The van der Waals surface area contributed by atoms with Gasteiger partial charge in [0.2, 0.25) is 0 Å². The maximum absolute atomic E-state index is 4.52. The van der Waals surface area contributed by atoms with Gasteiger partial charge in [-0.3, -0.25) is 0 Å². The second kappa shape index (κ2) is 5.88. The molecule has 0 aliphatic carbocycles. The molecule has 0 atom stereocenters. The molecule has 7 nitrogen and oxygen atoms in total. The molecule has 0 amide bonds. The lowest BCUT2D eigenvalue weighted by Gasteiger charge is -2.40. The third-order valence-corrected chi connectivity index (χ3v) is 4.34. The van der Waals surface area contributed by atoms with Crippen molar-refractivity contribution in [2.45, 2.75) is 0 Å². The van der Waals surface area contributed by atoms with Crippen LogP contribution in [0.2, 0.25) is 0 Å². The molecule has 2 aromatic rings. The Morgan fingerprint density at radius 1 is 1.04 bits per heavy atom. The molecule has 0 bridgehead atoms. The van der Waals surface area contributed by atoms with Crippen LogP contribution in [0.15, 0.2) is 42.7 Å². The van der Waals surface area contributed by atoms with E-state index in [1.54, 1.807) is 12.4 Å². The van der Waals surface area contributed by atoms with E-state index in [1.165, 1.54) is 5.46 Å². The van der Waals surface area contributed by atoms with Crippen molar-refractivity contribution in [1.29, 1.82) is 0 Å². The molecule has 10 heteroatoms. The van der Waals surface area contributed by atoms with Gasteiger partial charge in [0.25, 0.3) is 7.55 Å². The molecule has 0 spiro atoms. The van der Waals surface area contributed by atoms with Crippen LogP contribution in [0, 0.1) is 0 Å². The van der Waals surface area contributed by atoms with Crippen molar-refractivity contribution in [1.82, 2.24) is 25.0 Å². The van der Waals surface area contributed by atoms with Gasteiger partial charge >= 0.3 is 14.1 Å². The van der Waals surface area contributed by atoms with Crippen LogP contribution in [-0.4, -0.2) is 57.1 Å². The Balaban J connectivity index is 1.63. The number of fused-ring (bicyclic) bond motifs is 1. The van der Waals surface area contributed by atoms with Gasteiger partial charge in [-0.15, -0.1) is 0 Å². The highest BCUT2D eigenvalue weighted by Crippen LogP contribution is 2.30. The summed E-state index contributed by atoms with van der Waals surface area (Å²) in [6.07, 6.45) is 3.47. The van der Waals surface area contributed by atoms with Gasteiger partial charge in [0.05, 0.1) is 6.67 Å². The summed E-state index contributed by atoms with van der Waals surface area (Å²) in [6.45, 7) is 0.852. The number of benzene rings is 1. The third kappa shape index (κ3) is 2.48. The first-order chi connectivity index (χ1) is 11.3. The fourth-order valence-electron chi connectivity index (χ4n) is 3.21. The Bertz CT molecular complexity index is 688. The summed E-state index contributed by atoms with van der Waals surface area (Å²) in [5.74, 6) is 1.82. The van der Waals surface area contributed by atoms with Crippen molar-refractivity contribution in [3.63, 3.8) is 0 Å². The molecule has 1 aromatic heterocycles. The van der Waals surface area contributed by atoms with Crippen LogP contribution in [-0.2, 0) is 0 Å². The Labute approximate surface area is 137 Å². The fraction of sp³-hybridized carbons (Fsp3) is 0.231. The van der Waals surface area contributed by atoms with E-state index in [0.29, 0.717) is 0 Å². The lowest BCUT2D eigenvalue weighted by atomic mass is 9.54. The summed E-state index contributed by atoms with van der Waals surface area (Å²) in [6, 6.07) is 10.4. The van der Waals surface area contributed by atoms with Gasteiger partial charge in [-0.2, -0.15) is 0 Å². The molecule has 0 saturated carbocycles. The van der Waals surface area contributed by atoms with Crippen LogP contribution < -0.4 is 25.5 Å². The monoisotopic (exact) mass is 304 g/mol. The molecule has 1 fully saturated rings. The van der Waals surface area contributed by atoms with E-state index in [9.17, 15) is 0 Å². The molecule has 0 unspecified atom stereocenters. The summed E-state index contributed by atoms with van der Waals surface area (Å²) in [7, 11) is 6.05. The van der Waals surface area contributed by atoms with E-state index < -0.39 is 0 Å². The van der Waals surface area contributed by atoms with Gasteiger partial charge < -0.3 is 24.7 Å². The minimum absolute atomic E-state index is 0.00172. The van der Waals surface area contributed by atoms with E-state index in [-0.39, 0.29) is 14.1 Å². The number of hydrogen-bond donors (Lipinski definition) is 2. The molecule has 113 valence electrons. The number of anilines is 2. The van der Waals surface area contributed by atoms with E-state index >= 15 is 0 Å². The molecule has 1 aromatic carbocycles. The summed E-state index contributed by atoms with van der Waals surface area (Å²) in [5.41, 5.74) is 1.23. The van der Waals surface area contributed by atoms with Gasteiger partial charge in [0.15, 0.2) is 11.6 Å². The molecule has 4 rings (SSSR count).